The molecule has 1 N–H and O–H groups in total. The van der Waals surface area contributed by atoms with Crippen LogP contribution in [0.4, 0.5) is 11.4 Å². The van der Waals surface area contributed by atoms with Gasteiger partial charge >= 0.3 is 0 Å². The molecule has 2 amide bonds. The lowest BCUT2D eigenvalue weighted by molar-refractivity contribution is -0.131. The van der Waals surface area contributed by atoms with Crippen LogP contribution in [0.1, 0.15) is 25.8 Å². The summed E-state index contributed by atoms with van der Waals surface area (Å²) in [6, 6.07) is 13.2. The number of anilines is 2. The molecule has 1 aliphatic rings. The highest BCUT2D eigenvalue weighted by molar-refractivity contribution is 6.33. The molecule has 1 heterocycles. The van der Waals surface area contributed by atoms with Crippen LogP contribution < -0.4 is 15.0 Å². The second kappa shape index (κ2) is 10.3. The van der Waals surface area contributed by atoms with Crippen LogP contribution in [-0.2, 0) is 16.0 Å². The summed E-state index contributed by atoms with van der Waals surface area (Å²) in [5, 5.41) is 3.38. The third-order valence-electron chi connectivity index (χ3n) is 5.21. The minimum absolute atomic E-state index is 0.0712. The zero-order valence-corrected chi connectivity index (χ0v) is 18.2. The van der Waals surface area contributed by atoms with Gasteiger partial charge in [-0.05, 0) is 42.3 Å². The standard InChI is InChI=1S/C23H28ClN3O3/c1-3-17-5-8-19(9-6-17)30-16-22(28)25-18-7-10-21(20(24)15-18)26-11-13-27(14-12-26)23(29)4-2/h5-10,15H,3-4,11-14,16H2,1-2H3,(H,25,28). The molecule has 0 bridgehead atoms. The maximum atomic E-state index is 12.2. The van der Waals surface area contributed by atoms with Gasteiger partial charge in [0.1, 0.15) is 5.75 Å². The zero-order valence-electron chi connectivity index (χ0n) is 17.5. The van der Waals surface area contributed by atoms with Gasteiger partial charge < -0.3 is 19.9 Å². The topological polar surface area (TPSA) is 61.9 Å². The number of hydrogen-bond donors (Lipinski definition) is 1. The summed E-state index contributed by atoms with van der Waals surface area (Å²) in [7, 11) is 0. The SMILES string of the molecule is CCC(=O)N1CCN(c2ccc(NC(=O)COc3ccc(CC)cc3)cc2Cl)CC1. The van der Waals surface area contributed by atoms with Gasteiger partial charge in [0.2, 0.25) is 5.91 Å². The van der Waals surface area contributed by atoms with Crippen LogP contribution >= 0.6 is 11.6 Å². The van der Waals surface area contributed by atoms with E-state index in [1.54, 1.807) is 6.07 Å². The fourth-order valence-electron chi connectivity index (χ4n) is 3.43. The molecule has 1 aliphatic heterocycles. The van der Waals surface area contributed by atoms with Crippen molar-refractivity contribution in [3.63, 3.8) is 0 Å². The Morgan fingerprint density at radius 3 is 2.33 bits per heavy atom. The first-order valence-corrected chi connectivity index (χ1v) is 10.7. The number of carbonyl (C=O) groups is 2. The predicted octanol–water partition coefficient (Wildman–Crippen LogP) is 3.98. The molecule has 0 unspecified atom stereocenters. The van der Waals surface area contributed by atoms with E-state index in [2.05, 4.69) is 17.1 Å². The Labute approximate surface area is 182 Å². The first-order chi connectivity index (χ1) is 14.5. The molecule has 1 fully saturated rings. The number of rotatable bonds is 7. The Kier molecular flexibility index (Phi) is 7.57. The summed E-state index contributed by atoms with van der Waals surface area (Å²) >= 11 is 6.47. The second-order valence-electron chi connectivity index (χ2n) is 7.22. The van der Waals surface area contributed by atoms with Crippen molar-refractivity contribution >= 4 is 34.8 Å². The van der Waals surface area contributed by atoms with Crippen LogP contribution in [0, 0.1) is 0 Å². The normalized spacial score (nSPS) is 13.8. The summed E-state index contributed by atoms with van der Waals surface area (Å²) in [5.41, 5.74) is 2.75. The van der Waals surface area contributed by atoms with E-state index < -0.39 is 0 Å². The van der Waals surface area contributed by atoms with E-state index in [0.717, 1.165) is 25.2 Å². The highest BCUT2D eigenvalue weighted by atomic mass is 35.5. The van der Waals surface area contributed by atoms with Crippen LogP contribution in [0.2, 0.25) is 5.02 Å². The number of benzene rings is 2. The Morgan fingerprint density at radius 2 is 1.73 bits per heavy atom. The number of nitrogens with one attached hydrogen (secondary N) is 1. The Balaban J connectivity index is 1.52. The molecule has 7 heteroatoms. The van der Waals surface area contributed by atoms with E-state index in [1.807, 2.05) is 48.2 Å². The largest absolute Gasteiger partial charge is 0.484 e. The lowest BCUT2D eigenvalue weighted by Gasteiger charge is -2.36. The van der Waals surface area contributed by atoms with Gasteiger partial charge in [-0.25, -0.2) is 0 Å². The number of nitrogens with zero attached hydrogens (tertiary/aromatic N) is 2. The molecular weight excluding hydrogens is 402 g/mol. The molecule has 30 heavy (non-hydrogen) atoms. The molecule has 6 nitrogen and oxygen atoms in total. The van der Waals surface area contributed by atoms with Crippen molar-refractivity contribution in [2.75, 3.05) is 43.0 Å². The number of hydrogen-bond acceptors (Lipinski definition) is 4. The molecule has 2 aromatic rings. The van der Waals surface area contributed by atoms with Gasteiger partial charge in [-0.2, -0.15) is 0 Å². The van der Waals surface area contributed by atoms with Gasteiger partial charge in [0.25, 0.3) is 5.91 Å². The van der Waals surface area contributed by atoms with Crippen molar-refractivity contribution in [3.8, 4) is 5.75 Å². The van der Waals surface area contributed by atoms with Crippen LogP contribution in [0.15, 0.2) is 42.5 Å². The summed E-state index contributed by atoms with van der Waals surface area (Å²) in [6.45, 7) is 6.76. The molecule has 0 aliphatic carbocycles. The molecule has 3 rings (SSSR count). The highest BCUT2D eigenvalue weighted by Crippen LogP contribution is 2.29. The van der Waals surface area contributed by atoms with Gasteiger partial charge in [0.15, 0.2) is 6.61 Å². The average Bonchev–Trinajstić information content (AvgIpc) is 2.78. The van der Waals surface area contributed by atoms with E-state index in [0.29, 0.717) is 36.0 Å². The third-order valence-corrected chi connectivity index (χ3v) is 5.51. The van der Waals surface area contributed by atoms with Crippen molar-refractivity contribution in [1.82, 2.24) is 4.90 Å². The zero-order chi connectivity index (χ0) is 21.5. The van der Waals surface area contributed by atoms with E-state index in [9.17, 15) is 9.59 Å². The fraction of sp³-hybridized carbons (Fsp3) is 0.391. The second-order valence-corrected chi connectivity index (χ2v) is 7.63. The van der Waals surface area contributed by atoms with E-state index >= 15 is 0 Å². The van der Waals surface area contributed by atoms with Crippen molar-refractivity contribution in [1.29, 1.82) is 0 Å². The number of piperazine rings is 1. The van der Waals surface area contributed by atoms with E-state index in [1.165, 1.54) is 5.56 Å². The summed E-state index contributed by atoms with van der Waals surface area (Å²) in [5.74, 6) is 0.601. The van der Waals surface area contributed by atoms with Crippen LogP contribution in [0.5, 0.6) is 5.75 Å². The minimum Gasteiger partial charge on any atom is -0.484 e. The summed E-state index contributed by atoms with van der Waals surface area (Å²) < 4.78 is 5.54. The van der Waals surface area contributed by atoms with Gasteiger partial charge in [-0.3, -0.25) is 9.59 Å². The molecule has 0 atom stereocenters. The molecule has 2 aromatic carbocycles. The highest BCUT2D eigenvalue weighted by Gasteiger charge is 2.21. The average molecular weight is 430 g/mol. The Hall–Kier alpha value is -2.73. The predicted molar refractivity (Wildman–Crippen MR) is 120 cm³/mol. The molecule has 160 valence electrons. The van der Waals surface area contributed by atoms with Crippen LogP contribution in [-0.4, -0.2) is 49.5 Å². The minimum atomic E-state index is -0.245. The maximum absolute atomic E-state index is 12.2. The molecule has 0 spiro atoms. The van der Waals surface area contributed by atoms with Gasteiger partial charge in [0, 0.05) is 38.3 Å². The summed E-state index contributed by atoms with van der Waals surface area (Å²) in [6.07, 6.45) is 1.49. The molecule has 0 radical (unpaired) electrons. The smallest absolute Gasteiger partial charge is 0.262 e. The van der Waals surface area contributed by atoms with E-state index in [4.69, 9.17) is 16.3 Å². The van der Waals surface area contributed by atoms with Gasteiger partial charge in [0.05, 0.1) is 10.7 Å². The number of aryl methyl sites for hydroxylation is 1. The van der Waals surface area contributed by atoms with Crippen molar-refractivity contribution in [2.24, 2.45) is 0 Å². The van der Waals surface area contributed by atoms with Gasteiger partial charge in [-0.15, -0.1) is 0 Å². The van der Waals surface area contributed by atoms with Crippen LogP contribution in [0.3, 0.4) is 0 Å². The lowest BCUT2D eigenvalue weighted by Crippen LogP contribution is -2.48. The van der Waals surface area contributed by atoms with Crippen molar-refractivity contribution < 1.29 is 14.3 Å². The molecule has 0 aromatic heterocycles. The maximum Gasteiger partial charge on any atom is 0.262 e. The quantitative estimate of drug-likeness (QED) is 0.723. The molecular formula is C23H28ClN3O3. The van der Waals surface area contributed by atoms with Crippen molar-refractivity contribution in [3.05, 3.63) is 53.1 Å². The number of ether oxygens (including phenoxy) is 1. The fourth-order valence-corrected chi connectivity index (χ4v) is 3.73. The monoisotopic (exact) mass is 429 g/mol. The molecule has 1 saturated heterocycles. The first-order valence-electron chi connectivity index (χ1n) is 10.3. The van der Waals surface area contributed by atoms with Gasteiger partial charge in [-0.1, -0.05) is 37.6 Å². The number of carbonyl (C=O) groups excluding carboxylic acids is 2. The molecule has 0 saturated carbocycles. The lowest BCUT2D eigenvalue weighted by atomic mass is 10.2. The third kappa shape index (κ3) is 5.66. The number of halogens is 1. The van der Waals surface area contributed by atoms with Crippen LogP contribution in [0.25, 0.3) is 0 Å². The Morgan fingerprint density at radius 1 is 1.03 bits per heavy atom. The van der Waals surface area contributed by atoms with E-state index in [-0.39, 0.29) is 18.4 Å². The first kappa shape index (κ1) is 22.0. The van der Waals surface area contributed by atoms with Crippen molar-refractivity contribution in [2.45, 2.75) is 26.7 Å². The Bertz CT molecular complexity index is 878. The summed E-state index contributed by atoms with van der Waals surface area (Å²) in [4.78, 5) is 28.1. The number of amides is 2.